The second kappa shape index (κ2) is 13.7. The molecule has 1 aromatic carbocycles. The van der Waals surface area contributed by atoms with Gasteiger partial charge in [-0.3, -0.25) is 4.79 Å². The zero-order chi connectivity index (χ0) is 22.5. The first-order chi connectivity index (χ1) is 15.1. The van der Waals surface area contributed by atoms with E-state index < -0.39 is 0 Å². The molecule has 1 amide bonds. The highest BCUT2D eigenvalue weighted by molar-refractivity contribution is 5.93. The third-order valence-electron chi connectivity index (χ3n) is 5.82. The molecule has 1 saturated heterocycles. The number of hydrogen-bond donors (Lipinski definition) is 1. The number of hydrogen-bond acceptors (Lipinski definition) is 4. The van der Waals surface area contributed by atoms with E-state index in [0.29, 0.717) is 11.5 Å². The van der Waals surface area contributed by atoms with Crippen LogP contribution in [0.5, 0.6) is 0 Å². The van der Waals surface area contributed by atoms with Gasteiger partial charge in [-0.1, -0.05) is 30.7 Å². The number of likely N-dealkylation sites (tertiary alicyclic amines) is 1. The Morgan fingerprint density at radius 3 is 2.58 bits per heavy atom. The molecule has 5 nitrogen and oxygen atoms in total. The molecule has 0 spiro atoms. The highest BCUT2D eigenvalue weighted by atomic mass is 16.5. The lowest BCUT2D eigenvalue weighted by molar-refractivity contribution is -0.128. The molecule has 0 atom stereocenters. The van der Waals surface area contributed by atoms with Gasteiger partial charge in [-0.25, -0.2) is 0 Å². The van der Waals surface area contributed by atoms with Gasteiger partial charge in [0.1, 0.15) is 0 Å². The van der Waals surface area contributed by atoms with Crippen LogP contribution in [0.1, 0.15) is 69.9 Å². The van der Waals surface area contributed by atoms with E-state index in [1.807, 2.05) is 30.2 Å². The smallest absolute Gasteiger partial charge is 0.249 e. The van der Waals surface area contributed by atoms with Crippen molar-refractivity contribution in [3.8, 4) is 6.07 Å². The lowest BCUT2D eigenvalue weighted by Gasteiger charge is -2.33. The van der Waals surface area contributed by atoms with Crippen molar-refractivity contribution in [3.63, 3.8) is 0 Å². The molecule has 0 aliphatic carbocycles. The minimum atomic E-state index is 0.184. The number of benzene rings is 1. The number of rotatable bonds is 11. The summed E-state index contributed by atoms with van der Waals surface area (Å²) in [5, 5.41) is 12.3. The Labute approximate surface area is 187 Å². The van der Waals surface area contributed by atoms with Gasteiger partial charge in [0, 0.05) is 31.8 Å². The number of nitrogens with zero attached hydrogens (tertiary/aromatic N) is 2. The van der Waals surface area contributed by atoms with E-state index in [1.54, 1.807) is 0 Å². The standard InChI is InChI=1S/C26H37N3O2/c1-4-23(7-6-15-28-20-21(3)14-18-31-5-2)26(30)29-16-12-25(13-17-29)24-10-8-22(19-27)9-11-24/h7-11,20,25,28H,4-6,12-18H2,1-3H3/b21-20+,23-7+. The Hall–Kier alpha value is -2.58. The normalized spacial score (nSPS) is 15.6. The summed E-state index contributed by atoms with van der Waals surface area (Å²) >= 11 is 0. The Bertz CT molecular complexity index is 782. The third kappa shape index (κ3) is 8.22. The average Bonchev–Trinajstić information content (AvgIpc) is 2.81. The number of amides is 1. The molecule has 0 radical (unpaired) electrons. The van der Waals surface area contributed by atoms with E-state index in [1.165, 1.54) is 11.1 Å². The topological polar surface area (TPSA) is 65.4 Å². The maximum absolute atomic E-state index is 13.0. The zero-order valence-corrected chi connectivity index (χ0v) is 19.3. The lowest BCUT2D eigenvalue weighted by Crippen LogP contribution is -2.38. The van der Waals surface area contributed by atoms with Gasteiger partial charge in [0.05, 0.1) is 18.2 Å². The van der Waals surface area contributed by atoms with Gasteiger partial charge in [-0.2, -0.15) is 5.26 Å². The summed E-state index contributed by atoms with van der Waals surface area (Å²) in [5.74, 6) is 0.650. The predicted molar refractivity (Wildman–Crippen MR) is 126 cm³/mol. The quantitative estimate of drug-likeness (QED) is 0.406. The molecule has 1 aliphatic rings. The zero-order valence-electron chi connectivity index (χ0n) is 19.3. The molecule has 0 saturated carbocycles. The van der Waals surface area contributed by atoms with Crippen LogP contribution < -0.4 is 5.32 Å². The first kappa shape index (κ1) is 24.7. The summed E-state index contributed by atoms with van der Waals surface area (Å²) < 4.78 is 5.37. The van der Waals surface area contributed by atoms with Gasteiger partial charge in [0.2, 0.25) is 5.91 Å². The minimum absolute atomic E-state index is 0.184. The molecule has 1 N–H and O–H groups in total. The molecule has 0 bridgehead atoms. The Balaban J connectivity index is 1.77. The Kier molecular flexibility index (Phi) is 10.9. The van der Waals surface area contributed by atoms with E-state index in [0.717, 1.165) is 70.5 Å². The second-order valence-corrected chi connectivity index (χ2v) is 8.06. The van der Waals surface area contributed by atoms with Crippen LogP contribution in [0, 0.1) is 11.3 Å². The van der Waals surface area contributed by atoms with Gasteiger partial charge < -0.3 is 15.0 Å². The molecule has 0 unspecified atom stereocenters. The summed E-state index contributed by atoms with van der Waals surface area (Å²) in [7, 11) is 0. The highest BCUT2D eigenvalue weighted by Crippen LogP contribution is 2.29. The van der Waals surface area contributed by atoms with E-state index in [4.69, 9.17) is 10.00 Å². The fourth-order valence-corrected chi connectivity index (χ4v) is 3.86. The number of carbonyl (C=O) groups is 1. The fourth-order valence-electron chi connectivity index (χ4n) is 3.86. The molecule has 1 aromatic rings. The summed E-state index contributed by atoms with van der Waals surface area (Å²) in [6, 6.07) is 10.0. The molecule has 5 heteroatoms. The number of ether oxygens (including phenoxy) is 1. The van der Waals surface area contributed by atoms with Crippen molar-refractivity contribution in [1.29, 1.82) is 5.26 Å². The molecule has 0 aromatic heterocycles. The second-order valence-electron chi connectivity index (χ2n) is 8.06. The third-order valence-corrected chi connectivity index (χ3v) is 5.82. The molecule has 2 rings (SSSR count). The molecule has 168 valence electrons. The molecule has 1 aliphatic heterocycles. The summed E-state index contributed by atoms with van der Waals surface area (Å²) in [5.41, 5.74) is 4.15. The van der Waals surface area contributed by atoms with Crippen molar-refractivity contribution in [2.75, 3.05) is 32.8 Å². The first-order valence-electron chi connectivity index (χ1n) is 11.5. The van der Waals surface area contributed by atoms with E-state index in [2.05, 4.69) is 43.4 Å². The van der Waals surface area contributed by atoms with Gasteiger partial charge in [-0.05, 0) is 75.8 Å². The number of piperidine rings is 1. The minimum Gasteiger partial charge on any atom is -0.391 e. The maximum atomic E-state index is 13.0. The molecule has 31 heavy (non-hydrogen) atoms. The highest BCUT2D eigenvalue weighted by Gasteiger charge is 2.25. The van der Waals surface area contributed by atoms with Crippen LogP contribution in [0.4, 0.5) is 0 Å². The van der Waals surface area contributed by atoms with Crippen LogP contribution in [0.25, 0.3) is 0 Å². The molecular weight excluding hydrogens is 386 g/mol. The average molecular weight is 424 g/mol. The van der Waals surface area contributed by atoms with Crippen molar-refractivity contribution in [3.05, 3.63) is 58.8 Å². The largest absolute Gasteiger partial charge is 0.391 e. The van der Waals surface area contributed by atoms with Crippen molar-refractivity contribution >= 4 is 5.91 Å². The van der Waals surface area contributed by atoms with Gasteiger partial charge in [0.15, 0.2) is 0 Å². The van der Waals surface area contributed by atoms with E-state index >= 15 is 0 Å². The van der Waals surface area contributed by atoms with Gasteiger partial charge in [-0.15, -0.1) is 0 Å². The summed E-state index contributed by atoms with van der Waals surface area (Å²) in [4.78, 5) is 15.0. The van der Waals surface area contributed by atoms with Crippen LogP contribution in [0.15, 0.2) is 47.7 Å². The predicted octanol–water partition coefficient (Wildman–Crippen LogP) is 4.91. The van der Waals surface area contributed by atoms with Gasteiger partial charge >= 0.3 is 0 Å². The first-order valence-corrected chi connectivity index (χ1v) is 11.5. The number of nitriles is 1. The molecular formula is C26H37N3O2. The van der Waals surface area contributed by atoms with Crippen LogP contribution in [0.3, 0.4) is 0 Å². The van der Waals surface area contributed by atoms with Gasteiger partial charge in [0.25, 0.3) is 0 Å². The van der Waals surface area contributed by atoms with Crippen molar-refractivity contribution < 1.29 is 9.53 Å². The monoisotopic (exact) mass is 423 g/mol. The van der Waals surface area contributed by atoms with Crippen molar-refractivity contribution in [1.82, 2.24) is 10.2 Å². The maximum Gasteiger partial charge on any atom is 0.249 e. The van der Waals surface area contributed by atoms with Crippen LogP contribution in [-0.2, 0) is 9.53 Å². The lowest BCUT2D eigenvalue weighted by atomic mass is 9.88. The fraction of sp³-hybridized carbons (Fsp3) is 0.538. The van der Waals surface area contributed by atoms with Crippen LogP contribution in [0.2, 0.25) is 0 Å². The molecule has 1 heterocycles. The van der Waals surface area contributed by atoms with Crippen LogP contribution >= 0.6 is 0 Å². The Morgan fingerprint density at radius 2 is 1.97 bits per heavy atom. The Morgan fingerprint density at radius 1 is 1.26 bits per heavy atom. The van der Waals surface area contributed by atoms with E-state index in [9.17, 15) is 4.79 Å². The number of nitrogens with one attached hydrogen (secondary N) is 1. The van der Waals surface area contributed by atoms with E-state index in [-0.39, 0.29) is 5.91 Å². The van der Waals surface area contributed by atoms with Crippen molar-refractivity contribution in [2.24, 2.45) is 0 Å². The molecule has 1 fully saturated rings. The SMILES string of the molecule is CCOCC/C(C)=C/NCC/C=C(\CC)C(=O)N1CCC(c2ccc(C#N)cc2)CC1. The number of carbonyl (C=O) groups excluding carboxylic acids is 1. The summed E-state index contributed by atoms with van der Waals surface area (Å²) in [6.45, 7) is 10.1. The van der Waals surface area contributed by atoms with Crippen molar-refractivity contribution in [2.45, 2.75) is 58.8 Å². The summed E-state index contributed by atoms with van der Waals surface area (Å²) in [6.07, 6.45) is 8.63. The van der Waals surface area contributed by atoms with Crippen LogP contribution in [-0.4, -0.2) is 43.7 Å².